The maximum Gasteiger partial charge on any atom is 0.326 e. The highest BCUT2D eigenvalue weighted by atomic mass is 35.5. The first kappa shape index (κ1) is 17.5. The molecule has 146 valence electrons. The highest BCUT2D eigenvalue weighted by molar-refractivity contribution is 6.37. The molecule has 0 amide bonds. The van der Waals surface area contributed by atoms with E-state index in [9.17, 15) is 0 Å². The molecule has 5 rings (SSSR count). The number of ether oxygens (including phenoxy) is 2. The Kier molecular flexibility index (Phi) is 4.06. The average molecular weight is 401 g/mol. The third-order valence-electron chi connectivity index (χ3n) is 5.67. The lowest BCUT2D eigenvalue weighted by Gasteiger charge is -2.21. The lowest BCUT2D eigenvalue weighted by Crippen LogP contribution is -2.29. The van der Waals surface area contributed by atoms with Gasteiger partial charge in [-0.05, 0) is 18.3 Å². The van der Waals surface area contributed by atoms with Crippen LogP contribution in [0, 0.1) is 11.8 Å². The number of rotatable bonds is 5. The van der Waals surface area contributed by atoms with E-state index in [-0.39, 0.29) is 6.01 Å². The highest BCUT2D eigenvalue weighted by Crippen LogP contribution is 2.47. The van der Waals surface area contributed by atoms with E-state index in [1.54, 1.807) is 25.6 Å². The Morgan fingerprint density at radius 3 is 2.71 bits per heavy atom. The number of hydrogen-bond donors (Lipinski definition) is 2. The van der Waals surface area contributed by atoms with Crippen LogP contribution < -0.4 is 20.1 Å². The number of hydrogen-bond acceptors (Lipinski definition) is 7. The fourth-order valence-electron chi connectivity index (χ4n) is 4.01. The SMILES string of the molecule is CCc1[nH]c2nc(Oc3cncc(OC)c3)nc(N3CC4C(N)C4C3)c2c1Cl. The van der Waals surface area contributed by atoms with Gasteiger partial charge in [0.1, 0.15) is 17.2 Å². The monoisotopic (exact) mass is 400 g/mol. The van der Waals surface area contributed by atoms with Crippen molar-refractivity contribution in [3.8, 4) is 17.5 Å². The maximum atomic E-state index is 6.64. The summed E-state index contributed by atoms with van der Waals surface area (Å²) in [6.45, 7) is 3.80. The molecule has 0 bridgehead atoms. The number of pyridine rings is 1. The lowest BCUT2D eigenvalue weighted by molar-refractivity contribution is 0.401. The number of nitrogens with zero attached hydrogens (tertiary/aromatic N) is 4. The van der Waals surface area contributed by atoms with Crippen molar-refractivity contribution in [2.24, 2.45) is 17.6 Å². The molecule has 0 spiro atoms. The minimum absolute atomic E-state index is 0.239. The molecule has 2 unspecified atom stereocenters. The molecular weight excluding hydrogens is 380 g/mol. The molecule has 28 heavy (non-hydrogen) atoms. The van der Waals surface area contributed by atoms with Gasteiger partial charge in [0.05, 0.1) is 29.9 Å². The van der Waals surface area contributed by atoms with Crippen LogP contribution in [0.3, 0.4) is 0 Å². The fourth-order valence-corrected chi connectivity index (χ4v) is 4.36. The molecule has 1 saturated heterocycles. The van der Waals surface area contributed by atoms with Gasteiger partial charge in [0.25, 0.3) is 0 Å². The van der Waals surface area contributed by atoms with E-state index in [2.05, 4.69) is 19.9 Å². The molecule has 2 fully saturated rings. The first-order chi connectivity index (χ1) is 13.6. The van der Waals surface area contributed by atoms with Crippen LogP contribution >= 0.6 is 11.6 Å². The fraction of sp³-hybridized carbons (Fsp3) is 0.421. The Morgan fingerprint density at radius 1 is 1.25 bits per heavy atom. The Labute approximate surface area is 167 Å². The topological polar surface area (TPSA) is 102 Å². The van der Waals surface area contributed by atoms with Gasteiger partial charge in [-0.2, -0.15) is 9.97 Å². The van der Waals surface area contributed by atoms with E-state index in [1.807, 2.05) is 6.92 Å². The first-order valence-electron chi connectivity index (χ1n) is 9.34. The van der Waals surface area contributed by atoms with Gasteiger partial charge in [-0.3, -0.25) is 4.98 Å². The number of H-pyrrole nitrogens is 1. The number of halogens is 1. The molecule has 3 aromatic heterocycles. The second-order valence-electron chi connectivity index (χ2n) is 7.30. The smallest absolute Gasteiger partial charge is 0.326 e. The second-order valence-corrected chi connectivity index (χ2v) is 7.68. The van der Waals surface area contributed by atoms with Gasteiger partial charge in [0.15, 0.2) is 5.75 Å². The van der Waals surface area contributed by atoms with Crippen LogP contribution in [0.2, 0.25) is 5.02 Å². The molecule has 3 aromatic rings. The number of methoxy groups -OCH3 is 1. The number of anilines is 1. The van der Waals surface area contributed by atoms with Crippen molar-refractivity contribution in [2.45, 2.75) is 19.4 Å². The summed E-state index contributed by atoms with van der Waals surface area (Å²) in [5.74, 6) is 2.95. The zero-order valence-corrected chi connectivity index (χ0v) is 16.4. The molecule has 2 atom stereocenters. The van der Waals surface area contributed by atoms with Gasteiger partial charge in [-0.15, -0.1) is 0 Å². The van der Waals surface area contributed by atoms with E-state index >= 15 is 0 Å². The summed E-state index contributed by atoms with van der Waals surface area (Å²) in [5.41, 5.74) is 7.71. The molecule has 1 aliphatic heterocycles. The standard InChI is InChI=1S/C19H21ClN6O2/c1-3-13-15(20)14-17(23-13)24-19(28-10-4-9(27-2)5-22-6-10)25-18(14)26-7-11-12(8-26)16(11)21/h4-6,11-12,16H,3,7-8,21H2,1-2H3,(H,23,24,25). The van der Waals surface area contributed by atoms with Crippen molar-refractivity contribution in [2.75, 3.05) is 25.1 Å². The number of aromatic nitrogens is 4. The van der Waals surface area contributed by atoms with E-state index < -0.39 is 0 Å². The molecule has 9 heteroatoms. The van der Waals surface area contributed by atoms with Crippen LogP contribution in [0.15, 0.2) is 18.5 Å². The highest BCUT2D eigenvalue weighted by Gasteiger charge is 2.54. The van der Waals surface area contributed by atoms with Crippen LogP contribution in [-0.2, 0) is 6.42 Å². The molecule has 1 saturated carbocycles. The first-order valence-corrected chi connectivity index (χ1v) is 9.72. The Morgan fingerprint density at radius 2 is 2.00 bits per heavy atom. The Bertz CT molecular complexity index is 1040. The van der Waals surface area contributed by atoms with Crippen molar-refractivity contribution in [1.29, 1.82) is 0 Å². The van der Waals surface area contributed by atoms with E-state index in [1.165, 1.54) is 0 Å². The summed E-state index contributed by atoms with van der Waals surface area (Å²) in [4.78, 5) is 18.9. The minimum atomic E-state index is 0.239. The predicted octanol–water partition coefficient (Wildman–Crippen LogP) is 2.76. The van der Waals surface area contributed by atoms with Gasteiger partial charge in [-0.1, -0.05) is 18.5 Å². The summed E-state index contributed by atoms with van der Waals surface area (Å²) < 4.78 is 11.1. The van der Waals surface area contributed by atoms with Gasteiger partial charge >= 0.3 is 6.01 Å². The van der Waals surface area contributed by atoms with E-state index in [0.29, 0.717) is 40.0 Å². The van der Waals surface area contributed by atoms with Gasteiger partial charge in [0.2, 0.25) is 0 Å². The molecule has 8 nitrogen and oxygen atoms in total. The van der Waals surface area contributed by atoms with Gasteiger partial charge < -0.3 is 25.1 Å². The quantitative estimate of drug-likeness (QED) is 0.678. The Hall–Kier alpha value is -2.58. The van der Waals surface area contributed by atoms with Gasteiger partial charge in [0, 0.05) is 30.9 Å². The zero-order valence-electron chi connectivity index (χ0n) is 15.6. The van der Waals surface area contributed by atoms with Crippen LogP contribution in [0.4, 0.5) is 5.82 Å². The molecule has 2 aliphatic rings. The molecule has 1 aliphatic carbocycles. The molecule has 4 heterocycles. The zero-order chi connectivity index (χ0) is 19.4. The summed E-state index contributed by atoms with van der Waals surface area (Å²) in [7, 11) is 1.58. The normalized spacial score (nSPS) is 23.1. The van der Waals surface area contributed by atoms with Crippen LogP contribution in [0.1, 0.15) is 12.6 Å². The van der Waals surface area contributed by atoms with Crippen molar-refractivity contribution in [3.63, 3.8) is 0 Å². The lowest BCUT2D eigenvalue weighted by atomic mass is 10.2. The van der Waals surface area contributed by atoms with Crippen molar-refractivity contribution < 1.29 is 9.47 Å². The number of nitrogens with one attached hydrogen (secondary N) is 1. The largest absolute Gasteiger partial charge is 0.495 e. The maximum absolute atomic E-state index is 6.64. The summed E-state index contributed by atoms with van der Waals surface area (Å²) in [5, 5.41) is 1.51. The summed E-state index contributed by atoms with van der Waals surface area (Å²) in [6, 6.07) is 2.28. The van der Waals surface area contributed by atoms with Crippen LogP contribution in [0.5, 0.6) is 17.5 Å². The second kappa shape index (κ2) is 6.49. The van der Waals surface area contributed by atoms with Crippen LogP contribution in [0.25, 0.3) is 11.0 Å². The number of fused-ring (bicyclic) bond motifs is 2. The van der Waals surface area contributed by atoms with Crippen molar-refractivity contribution in [3.05, 3.63) is 29.2 Å². The van der Waals surface area contributed by atoms with Gasteiger partial charge in [-0.25, -0.2) is 0 Å². The average Bonchev–Trinajstić information content (AvgIpc) is 3.05. The number of nitrogens with two attached hydrogens (primary N) is 1. The number of piperidine rings is 1. The van der Waals surface area contributed by atoms with Crippen molar-refractivity contribution >= 4 is 28.5 Å². The summed E-state index contributed by atoms with van der Waals surface area (Å²) in [6.07, 6.45) is 3.99. The predicted molar refractivity (Wildman–Crippen MR) is 106 cm³/mol. The third-order valence-corrected chi connectivity index (χ3v) is 6.09. The number of aryl methyl sites for hydroxylation is 1. The number of aromatic amines is 1. The van der Waals surface area contributed by atoms with E-state index in [0.717, 1.165) is 36.4 Å². The van der Waals surface area contributed by atoms with Crippen LogP contribution in [-0.4, -0.2) is 46.2 Å². The third kappa shape index (κ3) is 2.75. The Balaban J connectivity index is 1.56. The summed E-state index contributed by atoms with van der Waals surface area (Å²) >= 11 is 6.64. The van der Waals surface area contributed by atoms with Crippen molar-refractivity contribution in [1.82, 2.24) is 19.9 Å². The molecular formula is C19H21ClN6O2. The molecule has 0 aromatic carbocycles. The van der Waals surface area contributed by atoms with E-state index in [4.69, 9.17) is 31.8 Å². The minimum Gasteiger partial charge on any atom is -0.495 e. The molecule has 3 N–H and O–H groups in total. The molecule has 0 radical (unpaired) electrons.